The van der Waals surface area contributed by atoms with Crippen molar-refractivity contribution < 1.29 is 17.9 Å². The zero-order valence-corrected chi connectivity index (χ0v) is 8.80. The van der Waals surface area contributed by atoms with Gasteiger partial charge in [-0.1, -0.05) is 12.1 Å². The van der Waals surface area contributed by atoms with E-state index in [1.807, 2.05) is 0 Å². The summed E-state index contributed by atoms with van der Waals surface area (Å²) in [6.45, 7) is 0.849. The van der Waals surface area contributed by atoms with E-state index in [1.165, 1.54) is 37.4 Å². The lowest BCUT2D eigenvalue weighted by Gasteiger charge is -2.25. The zero-order chi connectivity index (χ0) is 12.4. The number of rotatable bonds is 2. The van der Waals surface area contributed by atoms with E-state index in [0.717, 1.165) is 6.92 Å². The standard InChI is InChI=1S/C11H10F3NO/c1-10(7-15,11(12,13)14)8-4-3-5-9(6-8)16-2/h3-6H,1-2H3. The smallest absolute Gasteiger partial charge is 0.410 e. The lowest BCUT2D eigenvalue weighted by atomic mass is 9.83. The summed E-state index contributed by atoms with van der Waals surface area (Å²) in [5.41, 5.74) is -2.64. The number of methoxy groups -OCH3 is 1. The van der Waals surface area contributed by atoms with Crippen LogP contribution >= 0.6 is 0 Å². The Hall–Kier alpha value is -1.70. The second-order valence-electron chi connectivity index (χ2n) is 3.47. The molecule has 1 atom stereocenters. The fourth-order valence-electron chi connectivity index (χ4n) is 1.23. The molecule has 16 heavy (non-hydrogen) atoms. The van der Waals surface area contributed by atoms with Gasteiger partial charge in [0.2, 0.25) is 0 Å². The Morgan fingerprint density at radius 1 is 1.31 bits per heavy atom. The van der Waals surface area contributed by atoms with E-state index >= 15 is 0 Å². The molecule has 0 saturated carbocycles. The molecular weight excluding hydrogens is 219 g/mol. The van der Waals surface area contributed by atoms with Gasteiger partial charge in [-0.25, -0.2) is 0 Å². The highest BCUT2D eigenvalue weighted by molar-refractivity contribution is 5.39. The maximum atomic E-state index is 12.8. The van der Waals surface area contributed by atoms with E-state index in [2.05, 4.69) is 0 Å². The Kier molecular flexibility index (Phi) is 3.13. The van der Waals surface area contributed by atoms with E-state index in [9.17, 15) is 13.2 Å². The molecule has 86 valence electrons. The van der Waals surface area contributed by atoms with Gasteiger partial charge in [0.05, 0.1) is 13.2 Å². The van der Waals surface area contributed by atoms with Crippen LogP contribution in [0.5, 0.6) is 5.75 Å². The van der Waals surface area contributed by atoms with Crippen molar-refractivity contribution in [1.29, 1.82) is 5.26 Å². The molecule has 0 bridgehead atoms. The van der Waals surface area contributed by atoms with Crippen molar-refractivity contribution in [3.05, 3.63) is 29.8 Å². The van der Waals surface area contributed by atoms with Crippen molar-refractivity contribution in [3.8, 4) is 11.8 Å². The van der Waals surface area contributed by atoms with Gasteiger partial charge in [0, 0.05) is 0 Å². The molecule has 0 fully saturated rings. The Morgan fingerprint density at radius 2 is 1.94 bits per heavy atom. The number of nitriles is 1. The molecule has 1 aromatic rings. The number of alkyl halides is 3. The Labute approximate surface area is 91.3 Å². The molecule has 0 heterocycles. The summed E-state index contributed by atoms with van der Waals surface area (Å²) >= 11 is 0. The maximum Gasteiger partial charge on any atom is 0.410 e. The van der Waals surface area contributed by atoms with E-state index in [-0.39, 0.29) is 5.56 Å². The highest BCUT2D eigenvalue weighted by Gasteiger charge is 2.53. The van der Waals surface area contributed by atoms with Gasteiger partial charge >= 0.3 is 6.18 Å². The highest BCUT2D eigenvalue weighted by Crippen LogP contribution is 2.41. The molecular formula is C11H10F3NO. The number of ether oxygens (including phenoxy) is 1. The third kappa shape index (κ3) is 1.96. The van der Waals surface area contributed by atoms with Gasteiger partial charge in [0.1, 0.15) is 5.75 Å². The van der Waals surface area contributed by atoms with E-state index in [4.69, 9.17) is 10.00 Å². The number of hydrogen-bond donors (Lipinski definition) is 0. The highest BCUT2D eigenvalue weighted by atomic mass is 19.4. The van der Waals surface area contributed by atoms with Crippen molar-refractivity contribution in [2.75, 3.05) is 7.11 Å². The molecule has 0 N–H and O–H groups in total. The predicted octanol–water partition coefficient (Wildman–Crippen LogP) is 3.04. The van der Waals surface area contributed by atoms with Gasteiger partial charge in [0.15, 0.2) is 5.41 Å². The summed E-state index contributed by atoms with van der Waals surface area (Å²) in [6.07, 6.45) is -4.62. The monoisotopic (exact) mass is 229 g/mol. The minimum Gasteiger partial charge on any atom is -0.497 e. The van der Waals surface area contributed by atoms with Crippen LogP contribution in [-0.4, -0.2) is 13.3 Å². The minimum atomic E-state index is -4.62. The van der Waals surface area contributed by atoms with E-state index in [0.29, 0.717) is 5.75 Å². The Morgan fingerprint density at radius 3 is 2.38 bits per heavy atom. The average Bonchev–Trinajstić information content (AvgIpc) is 2.26. The normalized spacial score (nSPS) is 15.0. The van der Waals surface area contributed by atoms with Crippen molar-refractivity contribution in [1.82, 2.24) is 0 Å². The van der Waals surface area contributed by atoms with Crippen LogP contribution in [0, 0.1) is 11.3 Å². The quantitative estimate of drug-likeness (QED) is 0.780. The predicted molar refractivity (Wildman–Crippen MR) is 52.0 cm³/mol. The summed E-state index contributed by atoms with van der Waals surface area (Å²) < 4.78 is 43.1. The fraction of sp³-hybridized carbons (Fsp3) is 0.364. The maximum absolute atomic E-state index is 12.8. The lowest BCUT2D eigenvalue weighted by Crippen LogP contribution is -2.38. The van der Waals surface area contributed by atoms with Gasteiger partial charge in [-0.3, -0.25) is 0 Å². The summed E-state index contributed by atoms with van der Waals surface area (Å²) in [4.78, 5) is 0. The van der Waals surface area contributed by atoms with Crippen molar-refractivity contribution in [2.45, 2.75) is 18.5 Å². The number of nitrogens with zero attached hydrogens (tertiary/aromatic N) is 1. The first-order valence-corrected chi connectivity index (χ1v) is 4.47. The number of benzene rings is 1. The van der Waals surface area contributed by atoms with Crippen LogP contribution < -0.4 is 4.74 Å². The van der Waals surface area contributed by atoms with Crippen molar-refractivity contribution in [3.63, 3.8) is 0 Å². The van der Waals surface area contributed by atoms with Crippen molar-refractivity contribution >= 4 is 0 Å². The zero-order valence-electron chi connectivity index (χ0n) is 8.80. The molecule has 0 saturated heterocycles. The first kappa shape index (κ1) is 12.4. The van der Waals surface area contributed by atoms with Crippen LogP contribution in [0.15, 0.2) is 24.3 Å². The molecule has 0 amide bonds. The van der Waals surface area contributed by atoms with E-state index < -0.39 is 11.6 Å². The molecule has 0 aliphatic rings. The molecule has 5 heteroatoms. The lowest BCUT2D eigenvalue weighted by molar-refractivity contribution is -0.168. The summed E-state index contributed by atoms with van der Waals surface area (Å²) in [6, 6.07) is 6.74. The first-order chi connectivity index (χ1) is 7.35. The first-order valence-electron chi connectivity index (χ1n) is 4.47. The topological polar surface area (TPSA) is 33.0 Å². The Balaban J connectivity index is 3.30. The van der Waals surface area contributed by atoms with Gasteiger partial charge in [-0.2, -0.15) is 18.4 Å². The third-order valence-electron chi connectivity index (χ3n) is 2.44. The van der Waals surface area contributed by atoms with Crippen LogP contribution in [0.2, 0.25) is 0 Å². The minimum absolute atomic E-state index is 0.123. The molecule has 0 aromatic heterocycles. The van der Waals surface area contributed by atoms with Gasteiger partial charge in [-0.15, -0.1) is 0 Å². The van der Waals surface area contributed by atoms with Crippen LogP contribution in [0.25, 0.3) is 0 Å². The second kappa shape index (κ2) is 4.05. The molecule has 1 unspecified atom stereocenters. The summed E-state index contributed by atoms with van der Waals surface area (Å²) in [5.74, 6) is 0.295. The molecule has 0 aliphatic carbocycles. The number of hydrogen-bond acceptors (Lipinski definition) is 2. The third-order valence-corrected chi connectivity index (χ3v) is 2.44. The molecule has 1 rings (SSSR count). The van der Waals surface area contributed by atoms with Gasteiger partial charge in [-0.05, 0) is 24.6 Å². The van der Waals surface area contributed by atoms with Gasteiger partial charge in [0.25, 0.3) is 0 Å². The summed E-state index contributed by atoms with van der Waals surface area (Å²) in [7, 11) is 1.36. The molecule has 0 radical (unpaired) electrons. The molecule has 1 aromatic carbocycles. The largest absolute Gasteiger partial charge is 0.497 e. The second-order valence-corrected chi connectivity index (χ2v) is 3.47. The van der Waals surface area contributed by atoms with Crippen molar-refractivity contribution in [2.24, 2.45) is 0 Å². The number of halogens is 3. The SMILES string of the molecule is COc1cccc(C(C)(C#N)C(F)(F)F)c1. The van der Waals surface area contributed by atoms with Crippen LogP contribution in [-0.2, 0) is 5.41 Å². The molecule has 2 nitrogen and oxygen atoms in total. The molecule has 0 aliphatic heterocycles. The van der Waals surface area contributed by atoms with Crippen LogP contribution in [0.4, 0.5) is 13.2 Å². The Bertz CT molecular complexity index is 422. The summed E-state index contributed by atoms with van der Waals surface area (Å²) in [5, 5.41) is 8.73. The van der Waals surface area contributed by atoms with Gasteiger partial charge < -0.3 is 4.74 Å². The molecule has 0 spiro atoms. The van der Waals surface area contributed by atoms with Crippen LogP contribution in [0.1, 0.15) is 12.5 Å². The van der Waals surface area contributed by atoms with E-state index in [1.54, 1.807) is 0 Å². The van der Waals surface area contributed by atoms with Crippen LogP contribution in [0.3, 0.4) is 0 Å². The average molecular weight is 229 g/mol. The fourth-order valence-corrected chi connectivity index (χ4v) is 1.23.